The third-order valence-corrected chi connectivity index (χ3v) is 6.50. The Kier molecular flexibility index (Phi) is 5.09. The van der Waals surface area contributed by atoms with E-state index in [-0.39, 0.29) is 17.2 Å². The van der Waals surface area contributed by atoms with Crippen LogP contribution in [0.2, 0.25) is 0 Å². The second-order valence-corrected chi connectivity index (χ2v) is 9.88. The summed E-state index contributed by atoms with van der Waals surface area (Å²) >= 11 is 0. The Bertz CT molecular complexity index is 1200. The summed E-state index contributed by atoms with van der Waals surface area (Å²) in [5.41, 5.74) is 4.59. The zero-order valence-corrected chi connectivity index (χ0v) is 19.4. The number of imide groups is 1. The number of hydrogen-bond donors (Lipinski definition) is 0. The van der Waals surface area contributed by atoms with E-state index in [1.807, 2.05) is 55.5 Å². The molecule has 2 aliphatic heterocycles. The molecule has 2 amide bonds. The maximum absolute atomic E-state index is 13.7. The van der Waals surface area contributed by atoms with Crippen LogP contribution < -0.4 is 9.96 Å². The van der Waals surface area contributed by atoms with Gasteiger partial charge >= 0.3 is 0 Å². The van der Waals surface area contributed by atoms with Crippen molar-refractivity contribution in [3.05, 3.63) is 95.6 Å². The van der Waals surface area contributed by atoms with Crippen molar-refractivity contribution in [1.82, 2.24) is 0 Å². The molecule has 3 aromatic carbocycles. The average molecular weight is 441 g/mol. The highest BCUT2D eigenvalue weighted by Gasteiger charge is 2.60. The molecule has 3 aromatic rings. The van der Waals surface area contributed by atoms with Crippen molar-refractivity contribution in [2.45, 2.75) is 45.3 Å². The van der Waals surface area contributed by atoms with Crippen molar-refractivity contribution in [3.63, 3.8) is 0 Å². The Balaban J connectivity index is 1.57. The molecule has 0 bridgehead atoms. The highest BCUT2D eigenvalue weighted by Crippen LogP contribution is 2.47. The molecule has 0 aliphatic carbocycles. The second kappa shape index (κ2) is 7.85. The van der Waals surface area contributed by atoms with Crippen molar-refractivity contribution in [1.29, 1.82) is 0 Å². The lowest BCUT2D eigenvalue weighted by Crippen LogP contribution is -2.37. The molecule has 2 saturated heterocycles. The normalized spacial score (nSPS) is 22.7. The number of para-hydroxylation sites is 1. The minimum atomic E-state index is -0.856. The van der Waals surface area contributed by atoms with Gasteiger partial charge in [0.1, 0.15) is 5.92 Å². The van der Waals surface area contributed by atoms with Crippen molar-refractivity contribution >= 4 is 23.2 Å². The molecule has 2 heterocycles. The Morgan fingerprint density at radius 3 is 2.09 bits per heavy atom. The average Bonchev–Trinajstić information content (AvgIpc) is 3.30. The van der Waals surface area contributed by atoms with Crippen LogP contribution in [0, 0.1) is 12.8 Å². The lowest BCUT2D eigenvalue weighted by Gasteiger charge is -2.29. The minimum absolute atomic E-state index is 0.0213. The first-order chi connectivity index (χ1) is 15.8. The van der Waals surface area contributed by atoms with Crippen molar-refractivity contribution in [2.24, 2.45) is 5.92 Å². The van der Waals surface area contributed by atoms with E-state index in [0.29, 0.717) is 5.69 Å². The number of anilines is 2. The molecule has 5 rings (SSSR count). The molecule has 0 saturated carbocycles. The zero-order chi connectivity index (χ0) is 23.3. The maximum Gasteiger partial charge on any atom is 0.266 e. The molecule has 0 N–H and O–H groups in total. The van der Waals surface area contributed by atoms with Gasteiger partial charge in [-0.25, -0.2) is 9.96 Å². The standard InChI is InChI=1S/C28H28N2O3/c1-18-9-8-12-22(17-18)29-26(31)23-24(19-13-15-20(16-14-19)28(2,3)4)30(33-25(23)27(29)32)21-10-6-5-7-11-21/h5-17,23-25H,1-4H3/t23-,24-,25+/m1/s1. The van der Waals surface area contributed by atoms with Gasteiger partial charge in [-0.05, 0) is 53.3 Å². The lowest BCUT2D eigenvalue weighted by molar-refractivity contribution is -0.126. The molecule has 5 nitrogen and oxygen atoms in total. The zero-order valence-electron chi connectivity index (χ0n) is 19.4. The summed E-state index contributed by atoms with van der Waals surface area (Å²) in [5.74, 6) is -1.16. The summed E-state index contributed by atoms with van der Waals surface area (Å²) in [6.45, 7) is 8.46. The molecule has 0 unspecified atom stereocenters. The number of hydrogen-bond acceptors (Lipinski definition) is 4. The number of carbonyl (C=O) groups excluding carboxylic acids is 2. The smallest absolute Gasteiger partial charge is 0.266 e. The fourth-order valence-electron chi connectivity index (χ4n) is 4.75. The molecule has 3 atom stereocenters. The molecule has 0 spiro atoms. The highest BCUT2D eigenvalue weighted by molar-refractivity contribution is 6.23. The van der Waals surface area contributed by atoms with Crippen LogP contribution in [-0.4, -0.2) is 17.9 Å². The van der Waals surface area contributed by atoms with Crippen LogP contribution in [0.15, 0.2) is 78.9 Å². The van der Waals surface area contributed by atoms with Gasteiger partial charge in [-0.15, -0.1) is 0 Å². The quantitative estimate of drug-likeness (QED) is 0.516. The third kappa shape index (κ3) is 3.62. The number of benzene rings is 3. The topological polar surface area (TPSA) is 49.9 Å². The van der Waals surface area contributed by atoms with Gasteiger partial charge in [0.2, 0.25) is 5.91 Å². The van der Waals surface area contributed by atoms with Crippen LogP contribution in [0.3, 0.4) is 0 Å². The summed E-state index contributed by atoms with van der Waals surface area (Å²) in [6.07, 6.45) is -0.856. The van der Waals surface area contributed by atoms with Crippen LogP contribution in [0.1, 0.15) is 43.5 Å². The predicted octanol–water partition coefficient (Wildman–Crippen LogP) is 5.34. The van der Waals surface area contributed by atoms with Crippen molar-refractivity contribution < 1.29 is 14.4 Å². The molecule has 33 heavy (non-hydrogen) atoms. The predicted molar refractivity (Wildman–Crippen MR) is 129 cm³/mol. The van der Waals surface area contributed by atoms with E-state index in [9.17, 15) is 9.59 Å². The molecule has 0 radical (unpaired) electrons. The molecule has 0 aromatic heterocycles. The third-order valence-electron chi connectivity index (χ3n) is 6.50. The molecule has 168 valence electrons. The van der Waals surface area contributed by atoms with E-state index in [2.05, 4.69) is 45.0 Å². The summed E-state index contributed by atoms with van der Waals surface area (Å²) in [4.78, 5) is 34.6. The summed E-state index contributed by atoms with van der Waals surface area (Å²) in [5, 5.41) is 1.74. The van der Waals surface area contributed by atoms with Gasteiger partial charge in [0.15, 0.2) is 6.10 Å². The van der Waals surface area contributed by atoms with Gasteiger partial charge in [-0.2, -0.15) is 0 Å². The molecule has 2 aliphatic rings. The molecular weight excluding hydrogens is 412 g/mol. The Hall–Kier alpha value is -3.44. The van der Waals surface area contributed by atoms with Crippen LogP contribution in [0.25, 0.3) is 0 Å². The van der Waals surface area contributed by atoms with Gasteiger partial charge in [0, 0.05) is 0 Å². The van der Waals surface area contributed by atoms with E-state index >= 15 is 0 Å². The highest BCUT2D eigenvalue weighted by atomic mass is 16.7. The van der Waals surface area contributed by atoms with E-state index < -0.39 is 18.1 Å². The Morgan fingerprint density at radius 2 is 1.45 bits per heavy atom. The van der Waals surface area contributed by atoms with Crippen molar-refractivity contribution in [3.8, 4) is 0 Å². The first kappa shape index (κ1) is 21.4. The van der Waals surface area contributed by atoms with Crippen LogP contribution in [0.5, 0.6) is 0 Å². The van der Waals surface area contributed by atoms with Gasteiger partial charge in [0.05, 0.1) is 17.4 Å². The van der Waals surface area contributed by atoms with E-state index in [1.165, 1.54) is 10.5 Å². The number of nitrogens with zero attached hydrogens (tertiary/aromatic N) is 2. The monoisotopic (exact) mass is 440 g/mol. The SMILES string of the molecule is Cc1cccc(N2C(=O)[C@H]3[C@H](ON(c4ccccc4)[C@@H]3c3ccc(C(C)(C)C)cc3)C2=O)c1. The first-order valence-corrected chi connectivity index (χ1v) is 11.3. The largest absolute Gasteiger partial charge is 0.273 e. The van der Waals surface area contributed by atoms with Crippen LogP contribution >= 0.6 is 0 Å². The second-order valence-electron chi connectivity index (χ2n) is 9.88. The van der Waals surface area contributed by atoms with E-state index in [4.69, 9.17) is 4.84 Å². The fourth-order valence-corrected chi connectivity index (χ4v) is 4.75. The van der Waals surface area contributed by atoms with E-state index in [1.54, 1.807) is 11.1 Å². The number of fused-ring (bicyclic) bond motifs is 1. The number of rotatable bonds is 3. The Morgan fingerprint density at radius 1 is 0.788 bits per heavy atom. The molecular formula is C28H28N2O3. The number of hydroxylamine groups is 1. The first-order valence-electron chi connectivity index (χ1n) is 11.3. The van der Waals surface area contributed by atoms with E-state index in [0.717, 1.165) is 16.8 Å². The lowest BCUT2D eigenvalue weighted by atomic mass is 9.84. The number of aryl methyl sites for hydroxylation is 1. The summed E-state index contributed by atoms with van der Waals surface area (Å²) in [7, 11) is 0. The minimum Gasteiger partial charge on any atom is -0.273 e. The summed E-state index contributed by atoms with van der Waals surface area (Å²) in [6, 6.07) is 25.0. The van der Waals surface area contributed by atoms with Crippen LogP contribution in [0.4, 0.5) is 11.4 Å². The number of amides is 2. The number of carbonyl (C=O) groups is 2. The fraction of sp³-hybridized carbons (Fsp3) is 0.286. The maximum atomic E-state index is 13.7. The van der Waals surface area contributed by atoms with Crippen molar-refractivity contribution in [2.75, 3.05) is 9.96 Å². The molecule has 5 heteroatoms. The van der Waals surface area contributed by atoms with Gasteiger partial charge < -0.3 is 0 Å². The van der Waals surface area contributed by atoms with Crippen LogP contribution in [-0.2, 0) is 19.8 Å². The van der Waals surface area contributed by atoms with Gasteiger partial charge in [0.25, 0.3) is 5.91 Å². The summed E-state index contributed by atoms with van der Waals surface area (Å²) < 4.78 is 0. The van der Waals surface area contributed by atoms with Gasteiger partial charge in [-0.1, -0.05) is 75.4 Å². The van der Waals surface area contributed by atoms with Gasteiger partial charge in [-0.3, -0.25) is 14.4 Å². The molecule has 2 fully saturated rings. The Labute approximate surface area is 194 Å².